The van der Waals surface area contributed by atoms with E-state index in [1.807, 2.05) is 0 Å². The molecule has 1 saturated heterocycles. The van der Waals surface area contributed by atoms with Crippen molar-refractivity contribution in [1.82, 2.24) is 10.1 Å². The fraction of sp³-hybridized carbons (Fsp3) is 1.00. The summed E-state index contributed by atoms with van der Waals surface area (Å²) in [5.74, 6) is 5.44. The van der Waals surface area contributed by atoms with Crippen molar-refractivity contribution in [3.63, 3.8) is 0 Å². The maximum atomic E-state index is 5.44. The molecular weight excluding hydrogens is 169 g/mol. The number of hydrazine groups is 1. The minimum absolute atomic E-state index is 0.520. The number of hydrogen-bond acceptors (Lipinski definition) is 3. The molecule has 0 saturated carbocycles. The van der Waals surface area contributed by atoms with Crippen LogP contribution in [0.1, 0.15) is 32.1 Å². The van der Waals surface area contributed by atoms with E-state index in [1.165, 1.54) is 38.6 Å². The molecule has 3 N–H and O–H groups in total. The molecule has 4 heteroatoms. The van der Waals surface area contributed by atoms with E-state index in [0.717, 1.165) is 6.54 Å². The number of nitrogens with one attached hydrogen (secondary N) is 1. The quantitative estimate of drug-likeness (QED) is 0.365. The summed E-state index contributed by atoms with van der Waals surface area (Å²) >= 11 is 0. The first-order chi connectivity index (χ1) is 5.83. The topological polar surface area (TPSA) is 41.3 Å². The SMILES string of the molecule is NNC1CCCCCN(P)CC1. The van der Waals surface area contributed by atoms with Gasteiger partial charge in [0.2, 0.25) is 0 Å². The standard InChI is InChI=1S/C8H20N3P/c9-10-8-4-2-1-3-6-11(12)7-5-8/h8,10H,1-7,9,12H2. The minimum Gasteiger partial charge on any atom is -0.287 e. The van der Waals surface area contributed by atoms with E-state index in [2.05, 4.69) is 19.5 Å². The number of rotatable bonds is 1. The lowest BCUT2D eigenvalue weighted by atomic mass is 10.1. The fourth-order valence-corrected chi connectivity index (χ4v) is 1.96. The summed E-state index contributed by atoms with van der Waals surface area (Å²) in [6, 6.07) is 0.520. The minimum atomic E-state index is 0.520. The van der Waals surface area contributed by atoms with Gasteiger partial charge in [0, 0.05) is 19.1 Å². The maximum absolute atomic E-state index is 5.44. The van der Waals surface area contributed by atoms with Crippen LogP contribution in [-0.2, 0) is 0 Å². The third kappa shape index (κ3) is 3.81. The fourth-order valence-electron chi connectivity index (χ4n) is 1.63. The second-order valence-corrected chi connectivity index (χ2v) is 4.27. The zero-order valence-corrected chi connectivity index (χ0v) is 8.78. The largest absolute Gasteiger partial charge is 0.287 e. The first-order valence-corrected chi connectivity index (χ1v) is 5.30. The van der Waals surface area contributed by atoms with Crippen molar-refractivity contribution in [2.45, 2.75) is 38.1 Å². The van der Waals surface area contributed by atoms with Crippen molar-refractivity contribution >= 4 is 9.39 Å². The van der Waals surface area contributed by atoms with Crippen LogP contribution in [0.15, 0.2) is 0 Å². The predicted octanol–water partition coefficient (Wildman–Crippen LogP) is 0.874. The predicted molar refractivity (Wildman–Crippen MR) is 55.5 cm³/mol. The number of nitrogens with zero attached hydrogens (tertiary/aromatic N) is 1. The van der Waals surface area contributed by atoms with Crippen LogP contribution in [0.5, 0.6) is 0 Å². The molecule has 1 fully saturated rings. The van der Waals surface area contributed by atoms with Crippen LogP contribution in [-0.4, -0.2) is 23.8 Å². The summed E-state index contributed by atoms with van der Waals surface area (Å²) in [7, 11) is 2.79. The molecule has 2 atom stereocenters. The van der Waals surface area contributed by atoms with Gasteiger partial charge in [0.15, 0.2) is 0 Å². The molecule has 1 aliphatic rings. The molecule has 12 heavy (non-hydrogen) atoms. The lowest BCUT2D eigenvalue weighted by Gasteiger charge is -2.18. The highest BCUT2D eigenvalue weighted by atomic mass is 31.0. The molecule has 0 radical (unpaired) electrons. The van der Waals surface area contributed by atoms with Gasteiger partial charge in [-0.15, -0.1) is 0 Å². The maximum Gasteiger partial charge on any atom is 0.0222 e. The van der Waals surface area contributed by atoms with E-state index in [1.54, 1.807) is 0 Å². The molecule has 0 bridgehead atoms. The number of nitrogens with two attached hydrogens (primary N) is 1. The van der Waals surface area contributed by atoms with Crippen molar-refractivity contribution in [2.75, 3.05) is 13.1 Å². The van der Waals surface area contributed by atoms with Gasteiger partial charge in [-0.3, -0.25) is 15.9 Å². The first-order valence-electron chi connectivity index (χ1n) is 4.78. The molecule has 0 aromatic carbocycles. The first kappa shape index (κ1) is 10.4. The van der Waals surface area contributed by atoms with Crippen LogP contribution in [0.25, 0.3) is 0 Å². The summed E-state index contributed by atoms with van der Waals surface area (Å²) in [6.45, 7) is 2.35. The van der Waals surface area contributed by atoms with Gasteiger partial charge in [0.05, 0.1) is 0 Å². The zero-order valence-electron chi connectivity index (χ0n) is 7.63. The monoisotopic (exact) mass is 189 g/mol. The Bertz CT molecular complexity index is 121. The molecule has 0 spiro atoms. The van der Waals surface area contributed by atoms with Crippen molar-refractivity contribution in [3.05, 3.63) is 0 Å². The molecule has 0 amide bonds. The van der Waals surface area contributed by atoms with Crippen LogP contribution in [0.4, 0.5) is 0 Å². The second-order valence-electron chi connectivity index (χ2n) is 3.54. The Labute approximate surface area is 77.3 Å². The number of hydrogen-bond donors (Lipinski definition) is 2. The van der Waals surface area contributed by atoms with Crippen molar-refractivity contribution < 1.29 is 0 Å². The summed E-state index contributed by atoms with van der Waals surface area (Å²) in [5, 5.41) is 0. The van der Waals surface area contributed by atoms with Crippen LogP contribution in [0.2, 0.25) is 0 Å². The molecule has 0 aromatic rings. The van der Waals surface area contributed by atoms with Crippen LogP contribution >= 0.6 is 9.39 Å². The average Bonchev–Trinajstić information content (AvgIpc) is 2.17. The highest BCUT2D eigenvalue weighted by molar-refractivity contribution is 7.13. The van der Waals surface area contributed by atoms with E-state index in [4.69, 9.17) is 5.84 Å². The van der Waals surface area contributed by atoms with Crippen molar-refractivity contribution in [2.24, 2.45) is 5.84 Å². The summed E-state index contributed by atoms with van der Waals surface area (Å²) < 4.78 is 2.32. The van der Waals surface area contributed by atoms with E-state index < -0.39 is 0 Å². The van der Waals surface area contributed by atoms with Gasteiger partial charge >= 0.3 is 0 Å². The van der Waals surface area contributed by atoms with Gasteiger partial charge in [-0.25, -0.2) is 0 Å². The van der Waals surface area contributed by atoms with E-state index >= 15 is 0 Å². The molecule has 1 heterocycles. The van der Waals surface area contributed by atoms with Crippen molar-refractivity contribution in [3.8, 4) is 0 Å². The molecule has 1 rings (SSSR count). The van der Waals surface area contributed by atoms with E-state index in [9.17, 15) is 0 Å². The normalized spacial score (nSPS) is 29.0. The van der Waals surface area contributed by atoms with Gasteiger partial charge in [-0.2, -0.15) is 0 Å². The average molecular weight is 189 g/mol. The highest BCUT2D eigenvalue weighted by Gasteiger charge is 2.10. The van der Waals surface area contributed by atoms with E-state index in [0.29, 0.717) is 6.04 Å². The van der Waals surface area contributed by atoms with Gasteiger partial charge in [0.1, 0.15) is 0 Å². The summed E-state index contributed by atoms with van der Waals surface area (Å²) in [5.41, 5.74) is 2.88. The Balaban J connectivity index is 2.29. The lowest BCUT2D eigenvalue weighted by molar-refractivity contribution is 0.405. The highest BCUT2D eigenvalue weighted by Crippen LogP contribution is 2.13. The van der Waals surface area contributed by atoms with Gasteiger partial charge in [0.25, 0.3) is 0 Å². The Morgan fingerprint density at radius 2 is 2.00 bits per heavy atom. The summed E-state index contributed by atoms with van der Waals surface area (Å²) in [6.07, 6.45) is 6.37. The second kappa shape index (κ2) is 5.87. The molecule has 3 nitrogen and oxygen atoms in total. The van der Waals surface area contributed by atoms with Gasteiger partial charge < -0.3 is 0 Å². The zero-order chi connectivity index (χ0) is 8.81. The van der Waals surface area contributed by atoms with E-state index in [-0.39, 0.29) is 0 Å². The molecule has 72 valence electrons. The van der Waals surface area contributed by atoms with Crippen molar-refractivity contribution in [1.29, 1.82) is 0 Å². The van der Waals surface area contributed by atoms with Crippen LogP contribution < -0.4 is 11.3 Å². The molecule has 2 unspecified atom stereocenters. The molecular formula is C8H20N3P. The molecule has 1 aliphatic heterocycles. The van der Waals surface area contributed by atoms with Crippen LogP contribution in [0, 0.1) is 0 Å². The Hall–Kier alpha value is 0.310. The molecule has 0 aliphatic carbocycles. The molecule has 0 aromatic heterocycles. The Kier molecular flexibility index (Phi) is 5.08. The Morgan fingerprint density at radius 3 is 2.75 bits per heavy atom. The third-order valence-corrected chi connectivity index (χ3v) is 3.01. The summed E-state index contributed by atoms with van der Waals surface area (Å²) in [4.78, 5) is 0. The lowest BCUT2D eigenvalue weighted by Crippen LogP contribution is -2.36. The Morgan fingerprint density at radius 1 is 1.17 bits per heavy atom. The van der Waals surface area contributed by atoms with Gasteiger partial charge in [-0.05, 0) is 19.3 Å². The third-order valence-electron chi connectivity index (χ3n) is 2.50. The van der Waals surface area contributed by atoms with Crippen LogP contribution in [0.3, 0.4) is 0 Å². The smallest absolute Gasteiger partial charge is 0.0222 e. The van der Waals surface area contributed by atoms with Gasteiger partial charge in [-0.1, -0.05) is 22.2 Å².